The van der Waals surface area contributed by atoms with Gasteiger partial charge in [0, 0.05) is 17.4 Å². The van der Waals surface area contributed by atoms with E-state index in [1.807, 2.05) is 0 Å². The number of rotatable bonds is 4. The van der Waals surface area contributed by atoms with E-state index in [4.69, 9.17) is 22.1 Å². The Balaban J connectivity index is 2.17. The van der Waals surface area contributed by atoms with E-state index in [1.54, 1.807) is 19.1 Å². The van der Waals surface area contributed by atoms with Gasteiger partial charge in [-0.2, -0.15) is 0 Å². The second-order valence-electron chi connectivity index (χ2n) is 4.27. The zero-order chi connectivity index (χ0) is 15.4. The Morgan fingerprint density at radius 2 is 2.10 bits per heavy atom. The fraction of sp³-hybridized carbons (Fsp3) is 0.133. The second kappa shape index (κ2) is 6.45. The average Bonchev–Trinajstić information content (AvgIpc) is 2.41. The van der Waals surface area contributed by atoms with E-state index in [-0.39, 0.29) is 16.3 Å². The topological polar surface area (TPSA) is 64.3 Å². The van der Waals surface area contributed by atoms with Crippen molar-refractivity contribution >= 4 is 28.9 Å². The molecule has 2 aromatic rings. The molecule has 0 aromatic heterocycles. The largest absolute Gasteiger partial charge is 0.491 e. The summed E-state index contributed by atoms with van der Waals surface area (Å²) >= 11 is 5.95. The van der Waals surface area contributed by atoms with Crippen molar-refractivity contribution in [2.75, 3.05) is 17.7 Å². The highest BCUT2D eigenvalue weighted by atomic mass is 35.5. The SMILES string of the molecule is CCOc1ccc(NC(=O)c2ccc(N)cc2Cl)cc1F. The third-order valence-electron chi connectivity index (χ3n) is 2.73. The van der Waals surface area contributed by atoms with Crippen LogP contribution in [0.4, 0.5) is 15.8 Å². The monoisotopic (exact) mass is 308 g/mol. The van der Waals surface area contributed by atoms with Gasteiger partial charge in [0.2, 0.25) is 0 Å². The summed E-state index contributed by atoms with van der Waals surface area (Å²) in [6, 6.07) is 8.76. The van der Waals surface area contributed by atoms with Crippen molar-refractivity contribution in [1.29, 1.82) is 0 Å². The summed E-state index contributed by atoms with van der Waals surface area (Å²) < 4.78 is 18.8. The van der Waals surface area contributed by atoms with Gasteiger partial charge in [0.1, 0.15) is 0 Å². The normalized spacial score (nSPS) is 10.2. The van der Waals surface area contributed by atoms with Gasteiger partial charge in [-0.15, -0.1) is 0 Å². The quantitative estimate of drug-likeness (QED) is 0.846. The van der Waals surface area contributed by atoms with Crippen LogP contribution in [0.3, 0.4) is 0 Å². The molecule has 0 radical (unpaired) electrons. The van der Waals surface area contributed by atoms with Crippen LogP contribution in [0, 0.1) is 5.82 Å². The summed E-state index contributed by atoms with van der Waals surface area (Å²) in [5.74, 6) is -0.845. The number of carbonyl (C=O) groups excluding carboxylic acids is 1. The van der Waals surface area contributed by atoms with Gasteiger partial charge in [-0.05, 0) is 37.3 Å². The maximum Gasteiger partial charge on any atom is 0.257 e. The third kappa shape index (κ3) is 3.64. The summed E-state index contributed by atoms with van der Waals surface area (Å²) in [7, 11) is 0. The van der Waals surface area contributed by atoms with E-state index >= 15 is 0 Å². The number of hydrogen-bond acceptors (Lipinski definition) is 3. The minimum Gasteiger partial charge on any atom is -0.491 e. The lowest BCUT2D eigenvalue weighted by molar-refractivity contribution is 0.102. The number of anilines is 2. The van der Waals surface area contributed by atoms with Gasteiger partial charge in [-0.25, -0.2) is 4.39 Å². The molecule has 6 heteroatoms. The van der Waals surface area contributed by atoms with Crippen molar-refractivity contribution < 1.29 is 13.9 Å². The number of carbonyl (C=O) groups is 1. The highest BCUT2D eigenvalue weighted by Crippen LogP contribution is 2.23. The molecule has 0 saturated carbocycles. The molecule has 0 saturated heterocycles. The van der Waals surface area contributed by atoms with Gasteiger partial charge in [0.05, 0.1) is 17.2 Å². The molecule has 0 atom stereocenters. The van der Waals surface area contributed by atoms with Crippen molar-refractivity contribution in [3.63, 3.8) is 0 Å². The lowest BCUT2D eigenvalue weighted by Gasteiger charge is -2.09. The van der Waals surface area contributed by atoms with Crippen LogP contribution < -0.4 is 15.8 Å². The van der Waals surface area contributed by atoms with Gasteiger partial charge in [0.15, 0.2) is 11.6 Å². The first-order valence-electron chi connectivity index (χ1n) is 6.30. The molecule has 4 nitrogen and oxygen atoms in total. The van der Waals surface area contributed by atoms with Crippen molar-refractivity contribution in [3.8, 4) is 5.75 Å². The Morgan fingerprint density at radius 3 is 2.71 bits per heavy atom. The molecular weight excluding hydrogens is 295 g/mol. The molecule has 21 heavy (non-hydrogen) atoms. The van der Waals surface area contributed by atoms with Gasteiger partial charge < -0.3 is 15.8 Å². The highest BCUT2D eigenvalue weighted by molar-refractivity contribution is 6.34. The van der Waals surface area contributed by atoms with Crippen LogP contribution in [0.2, 0.25) is 5.02 Å². The Kier molecular flexibility index (Phi) is 4.65. The number of ether oxygens (including phenoxy) is 1. The molecule has 2 rings (SSSR count). The van der Waals surface area contributed by atoms with Crippen LogP contribution >= 0.6 is 11.6 Å². The Morgan fingerprint density at radius 1 is 1.33 bits per heavy atom. The number of benzene rings is 2. The number of halogens is 2. The smallest absolute Gasteiger partial charge is 0.257 e. The zero-order valence-corrected chi connectivity index (χ0v) is 12.1. The van der Waals surface area contributed by atoms with Crippen LogP contribution in [0.5, 0.6) is 5.75 Å². The minimum atomic E-state index is -0.543. The van der Waals surface area contributed by atoms with E-state index in [0.717, 1.165) is 0 Å². The maximum absolute atomic E-state index is 13.7. The van der Waals surface area contributed by atoms with Crippen LogP contribution in [-0.2, 0) is 0 Å². The summed E-state index contributed by atoms with van der Waals surface area (Å²) in [6.07, 6.45) is 0. The fourth-order valence-corrected chi connectivity index (χ4v) is 2.04. The van der Waals surface area contributed by atoms with Crippen molar-refractivity contribution in [1.82, 2.24) is 0 Å². The number of nitrogens with two attached hydrogens (primary N) is 1. The van der Waals surface area contributed by atoms with E-state index < -0.39 is 11.7 Å². The molecule has 2 aromatic carbocycles. The summed E-state index contributed by atoms with van der Waals surface area (Å²) in [5, 5.41) is 2.80. The molecule has 0 aliphatic heterocycles. The average molecular weight is 309 g/mol. The predicted octanol–water partition coefficient (Wildman–Crippen LogP) is 3.71. The van der Waals surface area contributed by atoms with Crippen LogP contribution in [0.25, 0.3) is 0 Å². The molecule has 0 aliphatic rings. The molecule has 1 amide bonds. The molecule has 3 N–H and O–H groups in total. The first-order valence-corrected chi connectivity index (χ1v) is 6.67. The Hall–Kier alpha value is -2.27. The van der Waals surface area contributed by atoms with Crippen LogP contribution in [-0.4, -0.2) is 12.5 Å². The molecular formula is C15H14ClFN2O2. The Labute approximate surface area is 126 Å². The number of hydrogen-bond donors (Lipinski definition) is 2. The molecule has 0 spiro atoms. The van der Waals surface area contributed by atoms with Gasteiger partial charge in [0.25, 0.3) is 5.91 Å². The molecule has 110 valence electrons. The number of nitrogens with one attached hydrogen (secondary N) is 1. The van der Waals surface area contributed by atoms with E-state index in [2.05, 4.69) is 5.32 Å². The second-order valence-corrected chi connectivity index (χ2v) is 4.68. The number of amides is 1. The predicted molar refractivity (Wildman–Crippen MR) is 81.4 cm³/mol. The fourth-order valence-electron chi connectivity index (χ4n) is 1.77. The first kappa shape index (κ1) is 15.1. The van der Waals surface area contributed by atoms with Gasteiger partial charge in [-0.3, -0.25) is 4.79 Å². The van der Waals surface area contributed by atoms with Gasteiger partial charge >= 0.3 is 0 Å². The summed E-state index contributed by atoms with van der Waals surface area (Å²) in [6.45, 7) is 2.13. The molecule has 0 unspecified atom stereocenters. The summed E-state index contributed by atoms with van der Waals surface area (Å²) in [4.78, 5) is 12.1. The third-order valence-corrected chi connectivity index (χ3v) is 3.04. The van der Waals surface area contributed by atoms with Crippen LogP contribution in [0.15, 0.2) is 36.4 Å². The standard InChI is InChI=1S/C15H14ClFN2O2/c1-2-21-14-6-4-10(8-13(14)17)19-15(20)11-5-3-9(18)7-12(11)16/h3-8H,2,18H2,1H3,(H,19,20). The lowest BCUT2D eigenvalue weighted by atomic mass is 10.2. The minimum absolute atomic E-state index is 0.140. The van der Waals surface area contributed by atoms with E-state index in [0.29, 0.717) is 18.0 Å². The molecule has 0 fully saturated rings. The van der Waals surface area contributed by atoms with Crippen molar-refractivity contribution in [3.05, 3.63) is 52.8 Å². The Bertz CT molecular complexity index is 677. The van der Waals surface area contributed by atoms with E-state index in [1.165, 1.54) is 24.3 Å². The molecule has 0 aliphatic carbocycles. The van der Waals surface area contributed by atoms with Crippen molar-refractivity contribution in [2.45, 2.75) is 6.92 Å². The maximum atomic E-state index is 13.7. The van der Waals surface area contributed by atoms with Crippen LogP contribution in [0.1, 0.15) is 17.3 Å². The molecule has 0 bridgehead atoms. The van der Waals surface area contributed by atoms with Crippen molar-refractivity contribution in [2.24, 2.45) is 0 Å². The zero-order valence-electron chi connectivity index (χ0n) is 11.3. The highest BCUT2D eigenvalue weighted by Gasteiger charge is 2.12. The first-order chi connectivity index (χ1) is 10.0. The van der Waals surface area contributed by atoms with E-state index in [9.17, 15) is 9.18 Å². The van der Waals surface area contributed by atoms with Gasteiger partial charge in [-0.1, -0.05) is 11.6 Å². The lowest BCUT2D eigenvalue weighted by Crippen LogP contribution is -2.13. The summed E-state index contributed by atoms with van der Waals surface area (Å²) in [5.41, 5.74) is 6.61. The molecule has 0 heterocycles. The number of nitrogen functional groups attached to an aromatic ring is 1.